The number of rotatable bonds is 3. The van der Waals surface area contributed by atoms with Crippen LogP contribution in [0, 0.1) is 0 Å². The van der Waals surface area contributed by atoms with Gasteiger partial charge in [0.05, 0.1) is 31.8 Å². The van der Waals surface area contributed by atoms with E-state index >= 15 is 0 Å². The van der Waals surface area contributed by atoms with Gasteiger partial charge in [-0.3, -0.25) is 9.48 Å². The number of fused-ring (bicyclic) bond motifs is 3. The molecule has 3 heterocycles. The van der Waals surface area contributed by atoms with E-state index in [2.05, 4.69) is 5.10 Å². The van der Waals surface area contributed by atoms with Crippen molar-refractivity contribution in [2.45, 2.75) is 18.8 Å². The average Bonchev–Trinajstić information content (AvgIpc) is 3.15. The van der Waals surface area contributed by atoms with Gasteiger partial charge in [-0.05, 0) is 12.1 Å². The van der Waals surface area contributed by atoms with Crippen molar-refractivity contribution in [2.75, 3.05) is 19.8 Å². The van der Waals surface area contributed by atoms with Gasteiger partial charge >= 0.3 is 6.18 Å². The maximum Gasteiger partial charge on any atom is 0.420 e. The fourth-order valence-electron chi connectivity index (χ4n) is 3.05. The van der Waals surface area contributed by atoms with Gasteiger partial charge < -0.3 is 13.9 Å². The third-order valence-corrected chi connectivity index (χ3v) is 4.07. The molecule has 1 aliphatic rings. The highest BCUT2D eigenvalue weighted by Gasteiger charge is 2.39. The molecular weight excluding hydrogens is 341 g/mol. The van der Waals surface area contributed by atoms with Crippen LogP contribution in [0.5, 0.6) is 0 Å². The number of carbonyl (C=O) groups excluding carboxylic acids is 1. The molecule has 0 amide bonds. The van der Waals surface area contributed by atoms with Crippen molar-refractivity contribution in [3.05, 3.63) is 29.7 Å². The number of carbonyl (C=O) groups is 1. The summed E-state index contributed by atoms with van der Waals surface area (Å²) < 4.78 is 57.7. The van der Waals surface area contributed by atoms with Crippen LogP contribution in [-0.4, -0.2) is 42.0 Å². The molecule has 0 bridgehead atoms. The average molecular weight is 354 g/mol. The topological polar surface area (TPSA) is 66.5 Å². The van der Waals surface area contributed by atoms with Gasteiger partial charge in [0, 0.05) is 11.6 Å². The lowest BCUT2D eigenvalue weighted by Gasteiger charge is -2.22. The zero-order valence-corrected chi connectivity index (χ0v) is 12.9. The van der Waals surface area contributed by atoms with E-state index in [9.17, 15) is 18.0 Å². The summed E-state index contributed by atoms with van der Waals surface area (Å²) in [5, 5.41) is 4.58. The van der Waals surface area contributed by atoms with Crippen LogP contribution >= 0.6 is 0 Å². The molecule has 0 radical (unpaired) electrons. The molecule has 1 fully saturated rings. The Morgan fingerprint density at radius 3 is 2.84 bits per heavy atom. The number of furan rings is 1. The van der Waals surface area contributed by atoms with Crippen LogP contribution in [0.2, 0.25) is 0 Å². The summed E-state index contributed by atoms with van der Waals surface area (Å²) in [6, 6.07) is 3.02. The summed E-state index contributed by atoms with van der Waals surface area (Å²) >= 11 is 0. The first-order chi connectivity index (χ1) is 12.0. The van der Waals surface area contributed by atoms with Crippen molar-refractivity contribution in [3.8, 4) is 0 Å². The van der Waals surface area contributed by atoms with E-state index < -0.39 is 17.5 Å². The van der Waals surface area contributed by atoms with Crippen molar-refractivity contribution in [1.29, 1.82) is 0 Å². The Balaban J connectivity index is 1.85. The van der Waals surface area contributed by atoms with Crippen molar-refractivity contribution in [2.24, 2.45) is 0 Å². The molecule has 0 N–H and O–H groups in total. The highest BCUT2D eigenvalue weighted by Crippen LogP contribution is 2.41. The quantitative estimate of drug-likeness (QED) is 0.677. The number of hydrogen-bond acceptors (Lipinski definition) is 5. The van der Waals surface area contributed by atoms with Gasteiger partial charge in [-0.25, -0.2) is 0 Å². The van der Waals surface area contributed by atoms with E-state index in [0.717, 1.165) is 0 Å². The van der Waals surface area contributed by atoms with Crippen molar-refractivity contribution in [3.63, 3.8) is 0 Å². The Morgan fingerprint density at radius 1 is 1.32 bits per heavy atom. The minimum Gasteiger partial charge on any atom is -0.453 e. The number of aromatic nitrogens is 2. The Bertz CT molecular complexity index is 938. The standard InChI is InChI=1S/C16H13F3N2O4/c17-16(18,19)14-12(7-22)25-11-2-1-9-5-21(20-15(9)13(11)14)6-10-8-23-3-4-24-10/h1-2,5,7,10H,3-4,6,8H2. The van der Waals surface area contributed by atoms with E-state index in [0.29, 0.717) is 31.8 Å². The van der Waals surface area contributed by atoms with Crippen LogP contribution in [0.15, 0.2) is 22.7 Å². The number of ether oxygens (including phenoxy) is 2. The van der Waals surface area contributed by atoms with Crippen LogP contribution in [0.25, 0.3) is 21.9 Å². The fraction of sp³-hybridized carbons (Fsp3) is 0.375. The van der Waals surface area contributed by atoms with Crippen LogP contribution in [-0.2, 0) is 22.2 Å². The lowest BCUT2D eigenvalue weighted by atomic mass is 10.1. The molecule has 0 aliphatic carbocycles. The molecule has 1 aromatic carbocycles. The smallest absolute Gasteiger partial charge is 0.420 e. The fourth-order valence-corrected chi connectivity index (χ4v) is 3.05. The molecule has 1 atom stereocenters. The zero-order chi connectivity index (χ0) is 17.6. The first-order valence-electron chi connectivity index (χ1n) is 7.62. The molecule has 1 saturated heterocycles. The van der Waals surface area contributed by atoms with Crippen LogP contribution in [0.4, 0.5) is 13.2 Å². The van der Waals surface area contributed by atoms with E-state index in [4.69, 9.17) is 13.9 Å². The monoisotopic (exact) mass is 354 g/mol. The minimum absolute atomic E-state index is 0.0237. The van der Waals surface area contributed by atoms with Crippen molar-refractivity contribution in [1.82, 2.24) is 9.78 Å². The maximum absolute atomic E-state index is 13.4. The molecule has 0 spiro atoms. The normalized spacial score (nSPS) is 18.9. The van der Waals surface area contributed by atoms with Crippen LogP contribution in [0.1, 0.15) is 16.1 Å². The van der Waals surface area contributed by atoms with Crippen molar-refractivity contribution < 1.29 is 31.9 Å². The van der Waals surface area contributed by atoms with Gasteiger partial charge in [0.1, 0.15) is 22.8 Å². The maximum atomic E-state index is 13.4. The Labute approximate surface area is 139 Å². The lowest BCUT2D eigenvalue weighted by molar-refractivity contribution is -0.137. The molecule has 4 rings (SSSR count). The highest BCUT2D eigenvalue weighted by molar-refractivity contribution is 6.07. The summed E-state index contributed by atoms with van der Waals surface area (Å²) in [4.78, 5) is 11.0. The summed E-state index contributed by atoms with van der Waals surface area (Å²) in [7, 11) is 0. The minimum atomic E-state index is -4.72. The first kappa shape index (κ1) is 16.1. The molecule has 0 saturated carbocycles. The molecule has 132 valence electrons. The summed E-state index contributed by atoms with van der Waals surface area (Å²) in [6.07, 6.45) is -3.23. The van der Waals surface area contributed by atoms with Gasteiger partial charge in [-0.2, -0.15) is 18.3 Å². The molecule has 1 aliphatic heterocycles. The van der Waals surface area contributed by atoms with E-state index in [1.807, 2.05) is 0 Å². The molecule has 9 heteroatoms. The van der Waals surface area contributed by atoms with Crippen LogP contribution in [0.3, 0.4) is 0 Å². The molecule has 6 nitrogen and oxygen atoms in total. The second kappa shape index (κ2) is 5.85. The summed E-state index contributed by atoms with van der Waals surface area (Å²) in [5.74, 6) is -0.742. The van der Waals surface area contributed by atoms with E-state index in [-0.39, 0.29) is 28.9 Å². The second-order valence-corrected chi connectivity index (χ2v) is 5.75. The number of alkyl halides is 3. The predicted octanol–water partition coefficient (Wildman–Crippen LogP) is 3.03. The number of nitrogens with zero attached hydrogens (tertiary/aromatic N) is 2. The lowest BCUT2D eigenvalue weighted by Crippen LogP contribution is -2.32. The summed E-state index contributed by atoms with van der Waals surface area (Å²) in [5.41, 5.74) is -0.978. The largest absolute Gasteiger partial charge is 0.453 e. The summed E-state index contributed by atoms with van der Waals surface area (Å²) in [6.45, 7) is 1.76. The van der Waals surface area contributed by atoms with Gasteiger partial charge in [0.2, 0.25) is 0 Å². The Hall–Kier alpha value is -2.39. The van der Waals surface area contributed by atoms with E-state index in [1.54, 1.807) is 12.3 Å². The molecule has 1 unspecified atom stereocenters. The van der Waals surface area contributed by atoms with Gasteiger partial charge in [-0.1, -0.05) is 0 Å². The van der Waals surface area contributed by atoms with Gasteiger partial charge in [0.15, 0.2) is 12.0 Å². The molecular formula is C16H13F3N2O4. The SMILES string of the molecule is O=Cc1oc2ccc3cn(CC4COCCO4)nc3c2c1C(F)(F)F. The predicted molar refractivity (Wildman–Crippen MR) is 80.5 cm³/mol. The van der Waals surface area contributed by atoms with Gasteiger partial charge in [-0.15, -0.1) is 0 Å². The number of aldehydes is 1. The molecule has 2 aromatic heterocycles. The Kier molecular flexibility index (Phi) is 3.77. The first-order valence-corrected chi connectivity index (χ1v) is 7.62. The highest BCUT2D eigenvalue weighted by atomic mass is 19.4. The number of benzene rings is 1. The van der Waals surface area contributed by atoms with Crippen LogP contribution < -0.4 is 0 Å². The third-order valence-electron chi connectivity index (χ3n) is 4.07. The zero-order valence-electron chi connectivity index (χ0n) is 12.9. The molecule has 3 aromatic rings. The second-order valence-electron chi connectivity index (χ2n) is 5.75. The molecule has 25 heavy (non-hydrogen) atoms. The number of hydrogen-bond donors (Lipinski definition) is 0. The number of halogens is 3. The third kappa shape index (κ3) is 2.79. The van der Waals surface area contributed by atoms with Crippen molar-refractivity contribution >= 4 is 28.2 Å². The Morgan fingerprint density at radius 2 is 2.16 bits per heavy atom. The van der Waals surface area contributed by atoms with Gasteiger partial charge in [0.25, 0.3) is 0 Å². The van der Waals surface area contributed by atoms with E-state index in [1.165, 1.54) is 10.7 Å².